The number of amidine groups is 1. The summed E-state index contributed by atoms with van der Waals surface area (Å²) in [6.07, 6.45) is 2.45. The second-order valence-corrected chi connectivity index (χ2v) is 9.44. The van der Waals surface area contributed by atoms with Gasteiger partial charge in [0.1, 0.15) is 11.9 Å². The van der Waals surface area contributed by atoms with Crippen molar-refractivity contribution in [1.82, 2.24) is 4.72 Å². The van der Waals surface area contributed by atoms with Gasteiger partial charge in [0.2, 0.25) is 5.91 Å². The molecule has 0 bridgehead atoms. The van der Waals surface area contributed by atoms with Gasteiger partial charge in [0.05, 0.1) is 4.90 Å². The topological polar surface area (TPSA) is 90.9 Å². The predicted molar refractivity (Wildman–Crippen MR) is 119 cm³/mol. The van der Waals surface area contributed by atoms with E-state index in [1.54, 1.807) is 30.0 Å². The van der Waals surface area contributed by atoms with E-state index < -0.39 is 16.1 Å². The Labute approximate surface area is 175 Å². The maximum Gasteiger partial charge on any atom is 0.263 e. The highest BCUT2D eigenvalue weighted by molar-refractivity contribution is 7.98. The molecule has 0 saturated heterocycles. The third-order valence-electron chi connectivity index (χ3n) is 4.50. The molecule has 2 aromatic rings. The van der Waals surface area contributed by atoms with Gasteiger partial charge >= 0.3 is 0 Å². The molecule has 1 aliphatic rings. The van der Waals surface area contributed by atoms with Crippen molar-refractivity contribution in [3.63, 3.8) is 0 Å². The molecule has 154 valence electrons. The van der Waals surface area contributed by atoms with E-state index in [4.69, 9.17) is 0 Å². The molecule has 0 saturated carbocycles. The number of hydrogen-bond acceptors (Lipinski definition) is 6. The molecule has 9 heteroatoms. The van der Waals surface area contributed by atoms with Crippen LogP contribution in [-0.2, 0) is 14.8 Å². The minimum atomic E-state index is -3.64. The molecule has 0 fully saturated rings. The number of carbonyl (C=O) groups is 1. The Bertz CT molecular complexity index is 1020. The minimum Gasteiger partial charge on any atom is -0.378 e. The predicted octanol–water partition coefficient (Wildman–Crippen LogP) is 2.55. The van der Waals surface area contributed by atoms with Crippen LogP contribution in [0.3, 0.4) is 0 Å². The number of sulfonamides is 1. The first-order chi connectivity index (χ1) is 13.8. The quantitative estimate of drug-likeness (QED) is 0.702. The van der Waals surface area contributed by atoms with Gasteiger partial charge in [0.25, 0.3) is 10.0 Å². The number of benzene rings is 2. The molecular weight excluding hydrogens is 408 g/mol. The standard InChI is InChI=1S/C20H24N4O3S2/c1-24(2)15-10-8-14(9-11-15)21-20(25)17(12-13-28-3)22-19-16-6-4-5-7-18(16)29(26,27)23-19/h4-11,17H,12-13H2,1-3H3,(H,21,25)(H,22,23)/t17-/m0/s1. The fourth-order valence-electron chi connectivity index (χ4n) is 2.94. The fraction of sp³-hybridized carbons (Fsp3) is 0.300. The monoisotopic (exact) mass is 432 g/mol. The van der Waals surface area contributed by atoms with Gasteiger partial charge in [-0.15, -0.1) is 0 Å². The molecule has 1 aliphatic heterocycles. The van der Waals surface area contributed by atoms with Crippen LogP contribution in [-0.4, -0.2) is 52.3 Å². The number of rotatable bonds is 7. The Morgan fingerprint density at radius 3 is 2.52 bits per heavy atom. The average Bonchev–Trinajstić information content (AvgIpc) is 2.96. The summed E-state index contributed by atoms with van der Waals surface area (Å²) in [6, 6.07) is 13.4. The molecule has 0 aromatic heterocycles. The molecule has 0 radical (unpaired) electrons. The number of hydrogen-bond donors (Lipinski definition) is 2. The van der Waals surface area contributed by atoms with Crippen LogP contribution in [0, 0.1) is 0 Å². The highest BCUT2D eigenvalue weighted by Crippen LogP contribution is 2.23. The van der Waals surface area contributed by atoms with E-state index in [2.05, 4.69) is 15.0 Å². The number of carbonyl (C=O) groups excluding carboxylic acids is 1. The lowest BCUT2D eigenvalue weighted by molar-refractivity contribution is -0.117. The molecule has 0 unspecified atom stereocenters. The van der Waals surface area contributed by atoms with Gasteiger partial charge in [-0.05, 0) is 54.8 Å². The molecule has 1 heterocycles. The van der Waals surface area contributed by atoms with Crippen molar-refractivity contribution < 1.29 is 13.2 Å². The van der Waals surface area contributed by atoms with Gasteiger partial charge in [-0.25, -0.2) is 8.42 Å². The second-order valence-electron chi connectivity index (χ2n) is 6.81. The number of amides is 1. The summed E-state index contributed by atoms with van der Waals surface area (Å²) in [7, 11) is 0.253. The zero-order valence-corrected chi connectivity index (χ0v) is 18.2. The van der Waals surface area contributed by atoms with Crippen molar-refractivity contribution in [1.29, 1.82) is 0 Å². The minimum absolute atomic E-state index is 0.182. The number of nitrogens with one attached hydrogen (secondary N) is 2. The Kier molecular flexibility index (Phi) is 6.49. The SMILES string of the molecule is CSCC[C@H](N=C1NS(=O)(=O)c2ccccc21)C(=O)Nc1ccc(N(C)C)cc1. The third kappa shape index (κ3) is 4.91. The number of anilines is 2. The second kappa shape index (κ2) is 8.87. The van der Waals surface area contributed by atoms with E-state index in [0.29, 0.717) is 17.7 Å². The zero-order chi connectivity index (χ0) is 21.0. The Morgan fingerprint density at radius 1 is 1.17 bits per heavy atom. The fourth-order valence-corrected chi connectivity index (χ4v) is 4.64. The van der Waals surface area contributed by atoms with Crippen molar-refractivity contribution in [2.45, 2.75) is 17.4 Å². The lowest BCUT2D eigenvalue weighted by atomic mass is 10.1. The lowest BCUT2D eigenvalue weighted by Crippen LogP contribution is -2.31. The van der Waals surface area contributed by atoms with Gasteiger partial charge in [0.15, 0.2) is 0 Å². The molecule has 1 atom stereocenters. The smallest absolute Gasteiger partial charge is 0.263 e. The molecular formula is C20H24N4O3S2. The summed E-state index contributed by atoms with van der Waals surface area (Å²) in [4.78, 5) is 19.5. The maximum atomic E-state index is 12.9. The number of fused-ring (bicyclic) bond motifs is 1. The van der Waals surface area contributed by atoms with Crippen LogP contribution in [0.1, 0.15) is 12.0 Å². The van der Waals surface area contributed by atoms with Crippen LogP contribution >= 0.6 is 11.8 Å². The molecule has 2 N–H and O–H groups in total. The molecule has 0 spiro atoms. The molecule has 2 aromatic carbocycles. The van der Waals surface area contributed by atoms with Gasteiger partial charge in [-0.3, -0.25) is 14.5 Å². The van der Waals surface area contributed by atoms with Crippen molar-refractivity contribution in [3.05, 3.63) is 54.1 Å². The Hall–Kier alpha value is -2.52. The Morgan fingerprint density at radius 2 is 1.86 bits per heavy atom. The molecule has 1 amide bonds. The molecule has 7 nitrogen and oxygen atoms in total. The lowest BCUT2D eigenvalue weighted by Gasteiger charge is -2.15. The molecule has 29 heavy (non-hydrogen) atoms. The van der Waals surface area contributed by atoms with E-state index in [-0.39, 0.29) is 16.6 Å². The normalized spacial score (nSPS) is 16.7. The van der Waals surface area contributed by atoms with Crippen LogP contribution in [0.15, 0.2) is 58.4 Å². The van der Waals surface area contributed by atoms with Gasteiger partial charge in [0, 0.05) is 31.0 Å². The first-order valence-corrected chi connectivity index (χ1v) is 12.0. The maximum absolute atomic E-state index is 12.9. The summed E-state index contributed by atoms with van der Waals surface area (Å²) in [5.74, 6) is 0.667. The highest BCUT2D eigenvalue weighted by atomic mass is 32.2. The van der Waals surface area contributed by atoms with E-state index in [1.165, 1.54) is 6.07 Å². The summed E-state index contributed by atoms with van der Waals surface area (Å²) in [5, 5.41) is 2.88. The van der Waals surface area contributed by atoms with Crippen LogP contribution in [0.5, 0.6) is 0 Å². The zero-order valence-electron chi connectivity index (χ0n) is 16.5. The van der Waals surface area contributed by atoms with E-state index in [9.17, 15) is 13.2 Å². The Balaban J connectivity index is 1.84. The van der Waals surface area contributed by atoms with Crippen LogP contribution in [0.2, 0.25) is 0 Å². The van der Waals surface area contributed by atoms with Crippen molar-refractivity contribution in [2.24, 2.45) is 4.99 Å². The summed E-state index contributed by atoms with van der Waals surface area (Å²) < 4.78 is 27.1. The molecule has 0 aliphatic carbocycles. The summed E-state index contributed by atoms with van der Waals surface area (Å²) >= 11 is 1.61. The van der Waals surface area contributed by atoms with Crippen molar-refractivity contribution in [3.8, 4) is 0 Å². The summed E-state index contributed by atoms with van der Waals surface area (Å²) in [5.41, 5.74) is 2.19. The first-order valence-electron chi connectivity index (χ1n) is 9.09. The van der Waals surface area contributed by atoms with E-state index in [1.807, 2.05) is 49.5 Å². The van der Waals surface area contributed by atoms with E-state index in [0.717, 1.165) is 11.4 Å². The van der Waals surface area contributed by atoms with Crippen molar-refractivity contribution in [2.75, 3.05) is 36.3 Å². The molecule has 3 rings (SSSR count). The van der Waals surface area contributed by atoms with Crippen LogP contribution in [0.4, 0.5) is 11.4 Å². The van der Waals surface area contributed by atoms with Crippen molar-refractivity contribution >= 4 is 44.9 Å². The summed E-state index contributed by atoms with van der Waals surface area (Å²) in [6.45, 7) is 0. The number of thioether (sulfide) groups is 1. The highest BCUT2D eigenvalue weighted by Gasteiger charge is 2.31. The van der Waals surface area contributed by atoms with Crippen LogP contribution in [0.25, 0.3) is 0 Å². The van der Waals surface area contributed by atoms with Gasteiger partial charge in [-0.2, -0.15) is 11.8 Å². The number of nitrogens with zero attached hydrogens (tertiary/aromatic N) is 2. The largest absolute Gasteiger partial charge is 0.378 e. The van der Waals surface area contributed by atoms with Gasteiger partial charge in [-0.1, -0.05) is 12.1 Å². The van der Waals surface area contributed by atoms with Gasteiger partial charge < -0.3 is 10.2 Å². The van der Waals surface area contributed by atoms with E-state index >= 15 is 0 Å². The number of aliphatic imine (C=N–C) groups is 1. The van der Waals surface area contributed by atoms with Crippen LogP contribution < -0.4 is 14.9 Å². The third-order valence-corrected chi connectivity index (χ3v) is 6.54. The first kappa shape index (κ1) is 21.2. The average molecular weight is 433 g/mol.